The summed E-state index contributed by atoms with van der Waals surface area (Å²) in [5, 5.41) is 8.65. The monoisotopic (exact) mass is 289 g/mol. The van der Waals surface area contributed by atoms with Crippen LogP contribution in [0.3, 0.4) is 0 Å². The minimum Gasteiger partial charge on any atom is -0.334 e. The highest BCUT2D eigenvalue weighted by atomic mass is 32.1. The first-order valence-electron chi connectivity index (χ1n) is 6.56. The number of amides is 2. The molecule has 0 saturated carbocycles. The Labute approximate surface area is 123 Å². The number of hydrogen-bond acceptors (Lipinski definition) is 3. The second-order valence-corrected chi connectivity index (χ2v) is 5.75. The zero-order chi connectivity index (χ0) is 14.5. The van der Waals surface area contributed by atoms with Crippen molar-refractivity contribution in [3.05, 3.63) is 51.5 Å². The lowest BCUT2D eigenvalue weighted by atomic mass is 10.1. The van der Waals surface area contributed by atoms with Gasteiger partial charge in [-0.05, 0) is 26.3 Å². The Morgan fingerprint density at radius 2 is 2.00 bits per heavy atom. The lowest BCUT2D eigenvalue weighted by molar-refractivity contribution is 0.237. The molecule has 0 spiro atoms. The van der Waals surface area contributed by atoms with Gasteiger partial charge in [-0.3, -0.25) is 0 Å². The van der Waals surface area contributed by atoms with Gasteiger partial charge in [0.1, 0.15) is 5.01 Å². The predicted octanol–water partition coefficient (Wildman–Crippen LogP) is 3.32. The van der Waals surface area contributed by atoms with E-state index in [0.29, 0.717) is 6.54 Å². The average molecular weight is 289 g/mol. The molecule has 0 aliphatic heterocycles. The smallest absolute Gasteiger partial charge is 0.315 e. The molecule has 1 aromatic heterocycles. The van der Waals surface area contributed by atoms with Gasteiger partial charge in [-0.25, -0.2) is 9.78 Å². The van der Waals surface area contributed by atoms with Crippen LogP contribution in [0, 0.1) is 13.8 Å². The van der Waals surface area contributed by atoms with Crippen LogP contribution in [0.25, 0.3) is 0 Å². The van der Waals surface area contributed by atoms with E-state index in [1.165, 1.54) is 5.56 Å². The summed E-state index contributed by atoms with van der Waals surface area (Å²) in [4.78, 5) is 16.2. The Balaban J connectivity index is 1.82. The SMILES string of the molecule is Cc1ccc(CNC(=O)NC(C)c2nc(C)cs2)cc1. The average Bonchev–Trinajstić information content (AvgIpc) is 2.85. The standard InChI is InChI=1S/C15H19N3OS/c1-10-4-6-13(7-5-10)8-16-15(19)18-12(3)14-17-11(2)9-20-14/h4-7,9,12H,8H2,1-3H3,(H2,16,18,19). The van der Waals surface area contributed by atoms with E-state index in [4.69, 9.17) is 0 Å². The largest absolute Gasteiger partial charge is 0.334 e. The number of nitrogens with zero attached hydrogens (tertiary/aromatic N) is 1. The third-order valence-electron chi connectivity index (χ3n) is 2.93. The van der Waals surface area contributed by atoms with Gasteiger partial charge in [-0.1, -0.05) is 29.8 Å². The molecule has 1 unspecified atom stereocenters. The minimum atomic E-state index is -0.175. The molecule has 2 amide bonds. The number of urea groups is 1. The van der Waals surface area contributed by atoms with Gasteiger partial charge in [0, 0.05) is 17.6 Å². The summed E-state index contributed by atoms with van der Waals surface area (Å²) in [6.45, 7) is 6.45. The Hall–Kier alpha value is -1.88. The fourth-order valence-electron chi connectivity index (χ4n) is 1.77. The maximum absolute atomic E-state index is 11.8. The Bertz CT molecular complexity index is 577. The van der Waals surface area contributed by atoms with E-state index in [1.807, 2.05) is 50.4 Å². The molecule has 0 fully saturated rings. The Morgan fingerprint density at radius 1 is 1.30 bits per heavy atom. The summed E-state index contributed by atoms with van der Waals surface area (Å²) in [7, 11) is 0. The van der Waals surface area contributed by atoms with Crippen molar-refractivity contribution >= 4 is 17.4 Å². The third kappa shape index (κ3) is 4.06. The highest BCUT2D eigenvalue weighted by molar-refractivity contribution is 7.09. The van der Waals surface area contributed by atoms with Gasteiger partial charge in [0.15, 0.2) is 0 Å². The molecule has 1 heterocycles. The number of thiazole rings is 1. The van der Waals surface area contributed by atoms with Crippen molar-refractivity contribution in [1.29, 1.82) is 0 Å². The predicted molar refractivity (Wildman–Crippen MR) is 81.8 cm³/mol. The van der Waals surface area contributed by atoms with Gasteiger partial charge in [-0.2, -0.15) is 0 Å². The van der Waals surface area contributed by atoms with Gasteiger partial charge in [-0.15, -0.1) is 11.3 Å². The molecular formula is C15H19N3OS. The number of nitrogens with one attached hydrogen (secondary N) is 2. The van der Waals surface area contributed by atoms with Crippen LogP contribution in [0.15, 0.2) is 29.6 Å². The lowest BCUT2D eigenvalue weighted by Gasteiger charge is -2.12. The summed E-state index contributed by atoms with van der Waals surface area (Å²) < 4.78 is 0. The van der Waals surface area contributed by atoms with Gasteiger partial charge in [0.25, 0.3) is 0 Å². The summed E-state index contributed by atoms with van der Waals surface area (Å²) >= 11 is 1.56. The summed E-state index contributed by atoms with van der Waals surface area (Å²) in [6.07, 6.45) is 0. The van der Waals surface area contributed by atoms with Gasteiger partial charge < -0.3 is 10.6 Å². The van der Waals surface area contributed by atoms with Crippen LogP contribution in [0.5, 0.6) is 0 Å². The molecule has 0 aliphatic carbocycles. The molecule has 0 bridgehead atoms. The zero-order valence-electron chi connectivity index (χ0n) is 11.9. The topological polar surface area (TPSA) is 54.0 Å². The third-order valence-corrected chi connectivity index (χ3v) is 4.07. The lowest BCUT2D eigenvalue weighted by Crippen LogP contribution is -2.36. The molecule has 4 nitrogen and oxygen atoms in total. The van der Waals surface area contributed by atoms with E-state index in [2.05, 4.69) is 15.6 Å². The second kappa shape index (κ2) is 6.52. The fourth-order valence-corrected chi connectivity index (χ4v) is 2.57. The fraction of sp³-hybridized carbons (Fsp3) is 0.333. The van der Waals surface area contributed by atoms with Crippen LogP contribution in [-0.2, 0) is 6.54 Å². The van der Waals surface area contributed by atoms with E-state index in [9.17, 15) is 4.79 Å². The molecule has 2 rings (SSSR count). The summed E-state index contributed by atoms with van der Waals surface area (Å²) in [5.74, 6) is 0. The van der Waals surface area contributed by atoms with E-state index in [-0.39, 0.29) is 12.1 Å². The first-order valence-corrected chi connectivity index (χ1v) is 7.44. The first kappa shape index (κ1) is 14.5. The van der Waals surface area contributed by atoms with Crippen molar-refractivity contribution in [3.8, 4) is 0 Å². The maximum Gasteiger partial charge on any atom is 0.315 e. The van der Waals surface area contributed by atoms with Gasteiger partial charge in [0.2, 0.25) is 0 Å². The summed E-state index contributed by atoms with van der Waals surface area (Å²) in [5.41, 5.74) is 3.29. The van der Waals surface area contributed by atoms with Crippen molar-refractivity contribution < 1.29 is 4.79 Å². The number of rotatable bonds is 4. The van der Waals surface area contributed by atoms with Crippen LogP contribution in [0.4, 0.5) is 4.79 Å². The molecule has 5 heteroatoms. The molecule has 0 saturated heterocycles. The van der Waals surface area contributed by atoms with Crippen molar-refractivity contribution in [3.63, 3.8) is 0 Å². The zero-order valence-corrected chi connectivity index (χ0v) is 12.8. The number of aromatic nitrogens is 1. The van der Waals surface area contributed by atoms with Crippen LogP contribution < -0.4 is 10.6 Å². The van der Waals surface area contributed by atoms with Crippen molar-refractivity contribution in [2.24, 2.45) is 0 Å². The van der Waals surface area contributed by atoms with E-state index < -0.39 is 0 Å². The number of benzene rings is 1. The Kier molecular flexibility index (Phi) is 4.74. The van der Waals surface area contributed by atoms with E-state index in [1.54, 1.807) is 11.3 Å². The number of hydrogen-bond donors (Lipinski definition) is 2. The normalized spacial score (nSPS) is 11.9. The van der Waals surface area contributed by atoms with E-state index in [0.717, 1.165) is 16.3 Å². The molecule has 2 aromatic rings. The van der Waals surface area contributed by atoms with Crippen LogP contribution in [0.2, 0.25) is 0 Å². The molecule has 1 aromatic carbocycles. The van der Waals surface area contributed by atoms with Crippen molar-refractivity contribution in [2.75, 3.05) is 0 Å². The molecule has 0 aliphatic rings. The quantitative estimate of drug-likeness (QED) is 0.907. The second-order valence-electron chi connectivity index (χ2n) is 4.86. The van der Waals surface area contributed by atoms with Gasteiger partial charge in [0.05, 0.1) is 6.04 Å². The highest BCUT2D eigenvalue weighted by Crippen LogP contribution is 2.17. The highest BCUT2D eigenvalue weighted by Gasteiger charge is 2.12. The maximum atomic E-state index is 11.8. The molecule has 0 radical (unpaired) electrons. The number of aryl methyl sites for hydroxylation is 2. The molecule has 20 heavy (non-hydrogen) atoms. The number of carbonyl (C=O) groups is 1. The Morgan fingerprint density at radius 3 is 2.60 bits per heavy atom. The first-order chi connectivity index (χ1) is 9.54. The van der Waals surface area contributed by atoms with Gasteiger partial charge >= 0.3 is 6.03 Å². The summed E-state index contributed by atoms with van der Waals surface area (Å²) in [6, 6.07) is 7.86. The van der Waals surface area contributed by atoms with Crippen molar-refractivity contribution in [2.45, 2.75) is 33.4 Å². The number of carbonyl (C=O) groups excluding carboxylic acids is 1. The minimum absolute atomic E-state index is 0.0771. The van der Waals surface area contributed by atoms with E-state index >= 15 is 0 Å². The molecule has 2 N–H and O–H groups in total. The van der Waals surface area contributed by atoms with Crippen LogP contribution in [-0.4, -0.2) is 11.0 Å². The molecule has 1 atom stereocenters. The molecular weight excluding hydrogens is 270 g/mol. The van der Waals surface area contributed by atoms with Crippen molar-refractivity contribution in [1.82, 2.24) is 15.6 Å². The molecule has 106 valence electrons. The van der Waals surface area contributed by atoms with Crippen LogP contribution >= 0.6 is 11.3 Å². The van der Waals surface area contributed by atoms with Crippen LogP contribution in [0.1, 0.15) is 34.8 Å².